The van der Waals surface area contributed by atoms with E-state index < -0.39 is 0 Å². The largest absolute Gasteiger partial charge is 0.491 e. The highest BCUT2D eigenvalue weighted by molar-refractivity contribution is 5.97. The van der Waals surface area contributed by atoms with Gasteiger partial charge in [-0.1, -0.05) is 84.9 Å². The number of hydrogen-bond donors (Lipinski definition) is 0. The second-order valence-electron chi connectivity index (χ2n) is 16.2. The van der Waals surface area contributed by atoms with Crippen molar-refractivity contribution >= 4 is 12.6 Å². The fourth-order valence-electron chi connectivity index (χ4n) is 7.71. The number of carbonyl (C=O) groups excluding carboxylic acids is 2. The lowest BCUT2D eigenvalue weighted by atomic mass is 9.92. The summed E-state index contributed by atoms with van der Waals surface area (Å²) in [6.07, 6.45) is 1.81. The van der Waals surface area contributed by atoms with Gasteiger partial charge in [-0.25, -0.2) is 0 Å². The summed E-state index contributed by atoms with van der Waals surface area (Å²) in [6, 6.07) is 42.4. The standard InChI is InChI=1S/C58H64O14/c59-43-57-53-3-1-4-54(57)46-9-17-50(18-10-46)70-40-36-66-32-28-62-24-26-64-30-34-68-38-42-72-52-21-13-48(14-22-52)56-6-2-5-55(58(56)44-60)47-11-19-51(20-12-47)71-41-37-67-33-29-63-25-23-61-27-31-65-35-39-69-49-15-7-45(53)8-16-49/h1-22,43-44H,23-42H2. The van der Waals surface area contributed by atoms with Gasteiger partial charge in [0.2, 0.25) is 0 Å². The molecule has 0 aromatic heterocycles. The van der Waals surface area contributed by atoms with E-state index in [2.05, 4.69) is 0 Å². The summed E-state index contributed by atoms with van der Waals surface area (Å²) in [5, 5.41) is 0. The molecule has 7 aliphatic heterocycles. The van der Waals surface area contributed by atoms with Crippen molar-refractivity contribution in [1.29, 1.82) is 0 Å². The highest BCUT2D eigenvalue weighted by Crippen LogP contribution is 2.35. The zero-order valence-corrected chi connectivity index (χ0v) is 40.7. The van der Waals surface area contributed by atoms with Crippen molar-refractivity contribution in [3.63, 3.8) is 0 Å². The van der Waals surface area contributed by atoms with Crippen molar-refractivity contribution in [2.24, 2.45) is 0 Å². The Balaban J connectivity index is 0.853. The average molecular weight is 985 g/mol. The van der Waals surface area contributed by atoms with Gasteiger partial charge in [-0.05, 0) is 93.0 Å². The van der Waals surface area contributed by atoms with Gasteiger partial charge in [-0.3, -0.25) is 9.59 Å². The van der Waals surface area contributed by atoms with Crippen LogP contribution < -0.4 is 18.9 Å². The van der Waals surface area contributed by atoms with Crippen LogP contribution in [0.5, 0.6) is 23.0 Å². The van der Waals surface area contributed by atoms with Crippen molar-refractivity contribution < 1.29 is 66.4 Å². The van der Waals surface area contributed by atoms with Crippen molar-refractivity contribution in [1.82, 2.24) is 0 Å². The van der Waals surface area contributed by atoms with E-state index in [0.29, 0.717) is 166 Å². The van der Waals surface area contributed by atoms with E-state index in [9.17, 15) is 9.59 Å². The van der Waals surface area contributed by atoms with E-state index in [1.807, 2.05) is 133 Å². The lowest BCUT2D eigenvalue weighted by Gasteiger charge is -2.13. The third-order valence-corrected chi connectivity index (χ3v) is 11.3. The van der Waals surface area contributed by atoms with Crippen LogP contribution in [0.1, 0.15) is 20.7 Å². The molecule has 6 aromatic carbocycles. The van der Waals surface area contributed by atoms with Crippen LogP contribution in [-0.2, 0) is 37.9 Å². The fourth-order valence-corrected chi connectivity index (χ4v) is 7.71. The van der Waals surface area contributed by atoms with Crippen LogP contribution in [0.4, 0.5) is 0 Å². The van der Waals surface area contributed by atoms with Gasteiger partial charge in [0.25, 0.3) is 0 Å². The summed E-state index contributed by atoms with van der Waals surface area (Å²) in [7, 11) is 0. The van der Waals surface area contributed by atoms with Crippen LogP contribution in [0.3, 0.4) is 0 Å². The zero-order valence-electron chi connectivity index (χ0n) is 40.7. The smallest absolute Gasteiger partial charge is 0.151 e. The molecule has 0 amide bonds. The Morgan fingerprint density at radius 3 is 0.597 bits per heavy atom. The molecule has 0 saturated carbocycles. The summed E-state index contributed by atoms with van der Waals surface area (Å²) in [6.45, 7) is 8.50. The SMILES string of the molecule is O=Cc1c2cccc1-c1ccc(cc1)OCCOCCOCCOCCOCCOc1ccc(cc1)-c1cccc(c1C=O)-c1ccc(cc1)OCCOCCOCCOCCOCCOc1ccc-2cc1. The quantitative estimate of drug-likeness (QED) is 0.152. The topological polar surface area (TPSA) is 145 Å². The first-order valence-electron chi connectivity index (χ1n) is 24.4. The van der Waals surface area contributed by atoms with Crippen LogP contribution in [0.2, 0.25) is 0 Å². The van der Waals surface area contributed by atoms with Gasteiger partial charge in [0, 0.05) is 11.1 Å². The summed E-state index contributed by atoms with van der Waals surface area (Å²) in [5.74, 6) is 2.82. The Morgan fingerprint density at radius 2 is 0.417 bits per heavy atom. The third kappa shape index (κ3) is 17.4. The molecule has 7 heterocycles. The second kappa shape index (κ2) is 31.1. The molecule has 12 bridgehead atoms. The number of ether oxygens (including phenoxy) is 12. The monoisotopic (exact) mass is 984 g/mol. The summed E-state index contributed by atoms with van der Waals surface area (Å²) in [5.41, 5.74) is 8.15. The minimum atomic E-state index is 0.384. The number of hydrogen-bond acceptors (Lipinski definition) is 14. The van der Waals surface area contributed by atoms with Gasteiger partial charge < -0.3 is 56.8 Å². The van der Waals surface area contributed by atoms with Crippen LogP contribution in [0, 0.1) is 0 Å². The molecular formula is C58H64O14. The highest BCUT2D eigenvalue weighted by Gasteiger charge is 2.14. The molecule has 0 atom stereocenters. The Labute approximate surface area is 421 Å². The van der Waals surface area contributed by atoms with E-state index in [1.165, 1.54) is 0 Å². The second-order valence-corrected chi connectivity index (χ2v) is 16.2. The van der Waals surface area contributed by atoms with Crippen molar-refractivity contribution in [3.05, 3.63) is 145 Å². The van der Waals surface area contributed by atoms with Crippen molar-refractivity contribution in [2.45, 2.75) is 0 Å². The first-order valence-corrected chi connectivity index (χ1v) is 24.4. The molecule has 13 rings (SSSR count). The lowest BCUT2D eigenvalue weighted by Crippen LogP contribution is -2.14. The maximum absolute atomic E-state index is 12.5. The average Bonchev–Trinajstić information content (AvgIpc) is 3.42. The number of aldehydes is 2. The molecule has 0 saturated heterocycles. The van der Waals surface area contributed by atoms with Gasteiger partial charge in [0.15, 0.2) is 12.6 Å². The van der Waals surface area contributed by atoms with E-state index in [4.69, 9.17) is 56.8 Å². The molecule has 7 aliphatic rings. The molecule has 0 unspecified atom stereocenters. The minimum absolute atomic E-state index is 0.384. The summed E-state index contributed by atoms with van der Waals surface area (Å²) in [4.78, 5) is 24.9. The molecule has 380 valence electrons. The predicted octanol–water partition coefficient (Wildman–Crippen LogP) is 9.34. The third-order valence-electron chi connectivity index (χ3n) is 11.3. The molecule has 0 N–H and O–H groups in total. The van der Waals surface area contributed by atoms with Crippen LogP contribution in [-0.4, -0.2) is 145 Å². The molecule has 0 aliphatic carbocycles. The summed E-state index contributed by atoms with van der Waals surface area (Å²) < 4.78 is 68.7. The lowest BCUT2D eigenvalue weighted by molar-refractivity contribution is -0.00698. The molecule has 14 nitrogen and oxygen atoms in total. The van der Waals surface area contributed by atoms with Gasteiger partial charge in [0.1, 0.15) is 49.4 Å². The van der Waals surface area contributed by atoms with Gasteiger partial charge in [0.05, 0.1) is 106 Å². The van der Waals surface area contributed by atoms with Gasteiger partial charge in [-0.15, -0.1) is 0 Å². The molecule has 6 aromatic rings. The fraction of sp³-hybridized carbons (Fsp3) is 0.345. The van der Waals surface area contributed by atoms with Crippen LogP contribution in [0.15, 0.2) is 133 Å². The van der Waals surface area contributed by atoms with E-state index in [1.54, 1.807) is 0 Å². The molecule has 0 spiro atoms. The minimum Gasteiger partial charge on any atom is -0.491 e. The van der Waals surface area contributed by atoms with Crippen LogP contribution >= 0.6 is 0 Å². The predicted molar refractivity (Wildman–Crippen MR) is 274 cm³/mol. The molecule has 72 heavy (non-hydrogen) atoms. The summed E-state index contributed by atoms with van der Waals surface area (Å²) >= 11 is 0. The normalized spacial score (nSPS) is 16.4. The van der Waals surface area contributed by atoms with E-state index in [-0.39, 0.29) is 0 Å². The molecule has 0 fully saturated rings. The molecule has 0 radical (unpaired) electrons. The Kier molecular flexibility index (Phi) is 23.0. The highest BCUT2D eigenvalue weighted by atomic mass is 16.6. The van der Waals surface area contributed by atoms with Crippen molar-refractivity contribution in [2.75, 3.05) is 132 Å². The Bertz CT molecular complexity index is 2140. The Morgan fingerprint density at radius 1 is 0.236 bits per heavy atom. The number of rotatable bonds is 2. The first-order chi connectivity index (χ1) is 35.7. The molecule has 14 heteroatoms. The number of carbonyl (C=O) groups is 2. The number of benzene rings is 6. The zero-order chi connectivity index (χ0) is 49.7. The van der Waals surface area contributed by atoms with E-state index >= 15 is 0 Å². The Hall–Kier alpha value is -6.46. The van der Waals surface area contributed by atoms with Crippen molar-refractivity contribution in [3.8, 4) is 67.5 Å². The van der Waals surface area contributed by atoms with Crippen LogP contribution in [0.25, 0.3) is 44.5 Å². The van der Waals surface area contributed by atoms with Gasteiger partial charge >= 0.3 is 0 Å². The maximum atomic E-state index is 12.5. The molecular weight excluding hydrogens is 921 g/mol. The van der Waals surface area contributed by atoms with Gasteiger partial charge in [-0.2, -0.15) is 0 Å². The first kappa shape index (κ1) is 53.3. The maximum Gasteiger partial charge on any atom is 0.151 e. The van der Waals surface area contributed by atoms with E-state index in [0.717, 1.165) is 57.1 Å².